The zero-order valence-corrected chi connectivity index (χ0v) is 20.7. The van der Waals surface area contributed by atoms with Crippen LogP contribution in [0.3, 0.4) is 0 Å². The predicted molar refractivity (Wildman–Crippen MR) is 137 cm³/mol. The van der Waals surface area contributed by atoms with Crippen LogP contribution in [0.1, 0.15) is 68.7 Å². The fourth-order valence-corrected chi connectivity index (χ4v) is 4.37. The van der Waals surface area contributed by atoms with Crippen molar-refractivity contribution >= 4 is 17.6 Å². The standard InChI is InChI=1S/C28H34N4O3/c1-4-20(5-2)27(34)30-22-13-14-26(33)23(15-22)24-16-25(21-7-6-8-21)32(31-24)28(35)29-17-19-11-9-18(3)10-12-19/h9-16,20-21,33H,4-8,17H2,1-3H3,(H,29,35)(H,30,34). The molecule has 1 aliphatic carbocycles. The number of benzene rings is 2. The highest BCUT2D eigenvalue weighted by Crippen LogP contribution is 2.39. The van der Waals surface area contributed by atoms with Crippen molar-refractivity contribution < 1.29 is 14.7 Å². The molecule has 1 heterocycles. The lowest BCUT2D eigenvalue weighted by molar-refractivity contribution is -0.120. The van der Waals surface area contributed by atoms with E-state index in [-0.39, 0.29) is 29.5 Å². The second-order valence-corrected chi connectivity index (χ2v) is 9.37. The van der Waals surface area contributed by atoms with E-state index in [2.05, 4.69) is 15.7 Å². The highest BCUT2D eigenvalue weighted by molar-refractivity contribution is 5.93. The molecule has 0 atom stereocenters. The fraction of sp³-hybridized carbons (Fsp3) is 0.393. The Morgan fingerprint density at radius 1 is 1.09 bits per heavy atom. The van der Waals surface area contributed by atoms with E-state index in [1.54, 1.807) is 18.2 Å². The molecule has 0 spiro atoms. The second-order valence-electron chi connectivity index (χ2n) is 9.37. The van der Waals surface area contributed by atoms with Gasteiger partial charge in [-0.05, 0) is 62.4 Å². The SMILES string of the molecule is CCC(CC)C(=O)Nc1ccc(O)c(-c2cc(C3CCC3)n(C(=O)NCc3ccc(C)cc3)n2)c1. The van der Waals surface area contributed by atoms with Gasteiger partial charge >= 0.3 is 6.03 Å². The third-order valence-corrected chi connectivity index (χ3v) is 6.91. The number of hydrogen-bond acceptors (Lipinski definition) is 4. The number of anilines is 1. The molecule has 3 aromatic rings. The number of aromatic nitrogens is 2. The number of nitrogens with zero attached hydrogens (tertiary/aromatic N) is 2. The first-order valence-corrected chi connectivity index (χ1v) is 12.5. The van der Waals surface area contributed by atoms with E-state index in [1.807, 2.05) is 51.1 Å². The van der Waals surface area contributed by atoms with Crippen molar-refractivity contribution in [2.75, 3.05) is 5.32 Å². The van der Waals surface area contributed by atoms with E-state index in [0.29, 0.717) is 23.5 Å². The molecule has 0 radical (unpaired) electrons. The maximum atomic E-state index is 13.1. The van der Waals surface area contributed by atoms with Crippen LogP contribution in [0.5, 0.6) is 5.75 Å². The first kappa shape index (κ1) is 24.5. The number of aryl methyl sites for hydroxylation is 1. The third kappa shape index (κ3) is 5.56. The highest BCUT2D eigenvalue weighted by atomic mass is 16.3. The molecule has 0 unspecified atom stereocenters. The van der Waals surface area contributed by atoms with E-state index in [1.165, 1.54) is 10.2 Å². The molecular weight excluding hydrogens is 440 g/mol. The Bertz CT molecular complexity index is 1190. The number of amides is 2. The minimum absolute atomic E-state index is 0.0391. The number of carbonyl (C=O) groups is 2. The molecule has 1 aliphatic rings. The first-order valence-electron chi connectivity index (χ1n) is 12.5. The van der Waals surface area contributed by atoms with Gasteiger partial charge in [0, 0.05) is 29.6 Å². The van der Waals surface area contributed by atoms with Gasteiger partial charge in [0.2, 0.25) is 5.91 Å². The smallest absolute Gasteiger partial charge is 0.342 e. The lowest BCUT2D eigenvalue weighted by Crippen LogP contribution is -2.31. The quantitative estimate of drug-likeness (QED) is 0.351. The molecule has 7 heteroatoms. The summed E-state index contributed by atoms with van der Waals surface area (Å²) in [7, 11) is 0. The van der Waals surface area contributed by atoms with Gasteiger partial charge in [-0.2, -0.15) is 9.78 Å². The second kappa shape index (κ2) is 10.8. The van der Waals surface area contributed by atoms with E-state index in [4.69, 9.17) is 0 Å². The highest BCUT2D eigenvalue weighted by Gasteiger charge is 2.28. The first-order chi connectivity index (χ1) is 16.9. The zero-order valence-electron chi connectivity index (χ0n) is 20.7. The van der Waals surface area contributed by atoms with Crippen molar-refractivity contribution in [1.29, 1.82) is 0 Å². The normalized spacial score (nSPS) is 13.5. The Morgan fingerprint density at radius 2 is 1.80 bits per heavy atom. The Hall–Kier alpha value is -3.61. The molecule has 0 aliphatic heterocycles. The van der Waals surface area contributed by atoms with Crippen molar-refractivity contribution in [3.05, 3.63) is 65.4 Å². The number of phenols is 1. The van der Waals surface area contributed by atoms with Gasteiger partial charge in [-0.3, -0.25) is 4.79 Å². The summed E-state index contributed by atoms with van der Waals surface area (Å²) < 4.78 is 1.43. The monoisotopic (exact) mass is 474 g/mol. The number of hydrogen-bond donors (Lipinski definition) is 3. The molecule has 4 rings (SSSR count). The van der Waals surface area contributed by atoms with Gasteiger partial charge in [0.05, 0.1) is 11.4 Å². The molecule has 1 aromatic heterocycles. The largest absolute Gasteiger partial charge is 0.507 e. The van der Waals surface area contributed by atoms with E-state index >= 15 is 0 Å². The minimum atomic E-state index is -0.295. The van der Waals surface area contributed by atoms with Gasteiger partial charge in [0.25, 0.3) is 0 Å². The molecule has 7 nitrogen and oxygen atoms in total. The van der Waals surface area contributed by atoms with Gasteiger partial charge in [-0.25, -0.2) is 4.79 Å². The average Bonchev–Trinajstić information content (AvgIpc) is 3.24. The predicted octanol–water partition coefficient (Wildman–Crippen LogP) is 5.96. The summed E-state index contributed by atoms with van der Waals surface area (Å²) in [5, 5.41) is 21.1. The maximum Gasteiger partial charge on any atom is 0.342 e. The van der Waals surface area contributed by atoms with Crippen molar-refractivity contribution in [1.82, 2.24) is 15.1 Å². The third-order valence-electron chi connectivity index (χ3n) is 6.91. The van der Waals surface area contributed by atoms with Crippen LogP contribution < -0.4 is 10.6 Å². The molecular formula is C28H34N4O3. The molecule has 2 amide bonds. The molecule has 35 heavy (non-hydrogen) atoms. The minimum Gasteiger partial charge on any atom is -0.507 e. The molecule has 1 fully saturated rings. The van der Waals surface area contributed by atoms with Gasteiger partial charge in [0.15, 0.2) is 0 Å². The Morgan fingerprint density at radius 3 is 2.43 bits per heavy atom. The van der Waals surface area contributed by atoms with E-state index in [9.17, 15) is 14.7 Å². The van der Waals surface area contributed by atoms with Crippen molar-refractivity contribution in [3.8, 4) is 17.0 Å². The van der Waals surface area contributed by atoms with Crippen LogP contribution >= 0.6 is 0 Å². The Balaban J connectivity index is 1.59. The van der Waals surface area contributed by atoms with Crippen molar-refractivity contribution in [2.24, 2.45) is 5.92 Å². The Kier molecular flexibility index (Phi) is 7.54. The summed E-state index contributed by atoms with van der Waals surface area (Å²) >= 11 is 0. The van der Waals surface area contributed by atoms with Crippen LogP contribution in [0, 0.1) is 12.8 Å². The molecule has 2 aromatic carbocycles. The van der Waals surface area contributed by atoms with Gasteiger partial charge in [0.1, 0.15) is 5.75 Å². The average molecular weight is 475 g/mol. The van der Waals surface area contributed by atoms with Crippen LogP contribution in [-0.2, 0) is 11.3 Å². The van der Waals surface area contributed by atoms with Gasteiger partial charge in [-0.15, -0.1) is 0 Å². The molecule has 3 N–H and O–H groups in total. The van der Waals surface area contributed by atoms with Crippen LogP contribution in [0.15, 0.2) is 48.5 Å². The van der Waals surface area contributed by atoms with Gasteiger partial charge < -0.3 is 15.7 Å². The number of phenolic OH excluding ortho intramolecular Hbond substituents is 1. The number of aromatic hydroxyl groups is 1. The summed E-state index contributed by atoms with van der Waals surface area (Å²) in [6, 6.07) is 14.6. The lowest BCUT2D eigenvalue weighted by Gasteiger charge is -2.25. The van der Waals surface area contributed by atoms with Crippen molar-refractivity contribution in [3.63, 3.8) is 0 Å². The topological polar surface area (TPSA) is 96.2 Å². The van der Waals surface area contributed by atoms with Crippen LogP contribution in [0.4, 0.5) is 10.5 Å². The lowest BCUT2D eigenvalue weighted by atomic mass is 9.82. The van der Waals surface area contributed by atoms with E-state index < -0.39 is 0 Å². The molecule has 1 saturated carbocycles. The summed E-state index contributed by atoms with van der Waals surface area (Å²) in [6.07, 6.45) is 4.67. The summed E-state index contributed by atoms with van der Waals surface area (Å²) in [4.78, 5) is 25.7. The van der Waals surface area contributed by atoms with Gasteiger partial charge in [-0.1, -0.05) is 50.1 Å². The molecule has 0 bridgehead atoms. The van der Waals surface area contributed by atoms with Crippen LogP contribution in [-0.4, -0.2) is 26.8 Å². The summed E-state index contributed by atoms with van der Waals surface area (Å²) in [6.45, 7) is 6.42. The van der Waals surface area contributed by atoms with Crippen LogP contribution in [0.25, 0.3) is 11.3 Å². The fourth-order valence-electron chi connectivity index (χ4n) is 4.37. The van der Waals surface area contributed by atoms with Crippen molar-refractivity contribution in [2.45, 2.75) is 65.3 Å². The molecule has 184 valence electrons. The zero-order chi connectivity index (χ0) is 24.9. The number of carbonyl (C=O) groups excluding carboxylic acids is 2. The summed E-state index contributed by atoms with van der Waals surface area (Å²) in [5.41, 5.74) is 4.62. The number of rotatable bonds is 8. The summed E-state index contributed by atoms with van der Waals surface area (Å²) in [5.74, 6) is 0.216. The number of nitrogens with one attached hydrogen (secondary N) is 2. The Labute approximate surface area is 206 Å². The van der Waals surface area contributed by atoms with E-state index in [0.717, 1.165) is 43.4 Å². The molecule has 0 saturated heterocycles. The van der Waals surface area contributed by atoms with Crippen LogP contribution in [0.2, 0.25) is 0 Å². The maximum absolute atomic E-state index is 13.1.